The van der Waals surface area contributed by atoms with E-state index in [0.29, 0.717) is 6.54 Å². The molecule has 156 valence electrons. The standard InChI is InChI=1S/C23H28FN3O.ClH/c24-20-9-17(14-26-15-20)13-25-7-4-22(21-3-1-2-6-27-21)5-8-28-23(16-22)11-18-10-19(18)12-23;/h1-3,6,9,14-15,18-19,25H,4-5,7-8,10-13,16H2;1H. The zero-order chi connectivity index (χ0) is 19.0. The molecule has 2 aliphatic carbocycles. The molecule has 1 N–H and O–H groups in total. The lowest BCUT2D eigenvalue weighted by molar-refractivity contribution is -0.111. The summed E-state index contributed by atoms with van der Waals surface area (Å²) in [6.07, 6.45) is 11.9. The van der Waals surface area contributed by atoms with E-state index in [-0.39, 0.29) is 29.2 Å². The van der Waals surface area contributed by atoms with E-state index < -0.39 is 0 Å². The summed E-state index contributed by atoms with van der Waals surface area (Å²) in [4.78, 5) is 8.70. The molecule has 4 nitrogen and oxygen atoms in total. The maximum atomic E-state index is 13.3. The first kappa shape index (κ1) is 20.7. The Morgan fingerprint density at radius 1 is 1.21 bits per heavy atom. The smallest absolute Gasteiger partial charge is 0.141 e. The number of fused-ring (bicyclic) bond motifs is 1. The van der Waals surface area contributed by atoms with E-state index in [1.165, 1.54) is 31.2 Å². The Kier molecular flexibility index (Phi) is 5.92. The van der Waals surface area contributed by atoms with Crippen LogP contribution in [0.4, 0.5) is 4.39 Å². The zero-order valence-electron chi connectivity index (χ0n) is 16.6. The fraction of sp³-hybridized carbons (Fsp3) is 0.565. The van der Waals surface area contributed by atoms with Crippen LogP contribution in [0.1, 0.15) is 49.8 Å². The minimum absolute atomic E-state index is 0. The van der Waals surface area contributed by atoms with Gasteiger partial charge in [-0.3, -0.25) is 9.97 Å². The van der Waals surface area contributed by atoms with Gasteiger partial charge in [-0.2, -0.15) is 0 Å². The van der Waals surface area contributed by atoms with Gasteiger partial charge in [0.2, 0.25) is 0 Å². The van der Waals surface area contributed by atoms with Crippen LogP contribution in [-0.2, 0) is 16.7 Å². The van der Waals surface area contributed by atoms with Crippen molar-refractivity contribution >= 4 is 12.4 Å². The van der Waals surface area contributed by atoms with Crippen LogP contribution < -0.4 is 5.32 Å². The van der Waals surface area contributed by atoms with Crippen molar-refractivity contribution in [2.45, 2.75) is 56.1 Å². The number of aromatic nitrogens is 2. The first-order valence-electron chi connectivity index (χ1n) is 10.5. The van der Waals surface area contributed by atoms with Gasteiger partial charge in [0.1, 0.15) is 5.82 Å². The summed E-state index contributed by atoms with van der Waals surface area (Å²) in [6.45, 7) is 2.33. The lowest BCUT2D eigenvalue weighted by Crippen LogP contribution is -2.48. The highest BCUT2D eigenvalue weighted by Gasteiger charge is 2.58. The van der Waals surface area contributed by atoms with E-state index in [0.717, 1.165) is 49.8 Å². The Hall–Kier alpha value is -1.56. The van der Waals surface area contributed by atoms with Crippen LogP contribution in [-0.4, -0.2) is 28.7 Å². The molecule has 1 aliphatic heterocycles. The Balaban J connectivity index is 0.00000205. The van der Waals surface area contributed by atoms with Crippen LogP contribution in [0.3, 0.4) is 0 Å². The van der Waals surface area contributed by atoms with E-state index in [4.69, 9.17) is 9.72 Å². The molecule has 1 spiro atoms. The molecule has 29 heavy (non-hydrogen) atoms. The van der Waals surface area contributed by atoms with Gasteiger partial charge in [0.15, 0.2) is 0 Å². The Bertz CT molecular complexity index is 826. The van der Waals surface area contributed by atoms with Gasteiger partial charge < -0.3 is 10.1 Å². The van der Waals surface area contributed by atoms with Crippen LogP contribution in [0, 0.1) is 17.7 Å². The van der Waals surface area contributed by atoms with Crippen molar-refractivity contribution in [2.75, 3.05) is 13.2 Å². The first-order valence-corrected chi connectivity index (χ1v) is 10.5. The molecule has 3 fully saturated rings. The van der Waals surface area contributed by atoms with Crippen molar-refractivity contribution in [1.82, 2.24) is 15.3 Å². The topological polar surface area (TPSA) is 47.0 Å². The van der Waals surface area contributed by atoms with Gasteiger partial charge in [0.05, 0.1) is 11.8 Å². The molecule has 2 aromatic heterocycles. The largest absolute Gasteiger partial charge is 0.375 e. The maximum Gasteiger partial charge on any atom is 0.141 e. The molecule has 3 unspecified atom stereocenters. The number of hydrogen-bond donors (Lipinski definition) is 1. The Labute approximate surface area is 178 Å². The summed E-state index contributed by atoms with van der Waals surface area (Å²) in [5, 5.41) is 3.49. The summed E-state index contributed by atoms with van der Waals surface area (Å²) < 4.78 is 19.7. The highest BCUT2D eigenvalue weighted by atomic mass is 35.5. The Morgan fingerprint density at radius 2 is 2.07 bits per heavy atom. The van der Waals surface area contributed by atoms with E-state index in [9.17, 15) is 4.39 Å². The molecule has 0 radical (unpaired) electrons. The number of pyridine rings is 2. The maximum absolute atomic E-state index is 13.3. The summed E-state index contributed by atoms with van der Waals surface area (Å²) in [7, 11) is 0. The van der Waals surface area contributed by atoms with Crippen LogP contribution in [0.15, 0.2) is 42.9 Å². The fourth-order valence-corrected chi connectivity index (χ4v) is 5.68. The average molecular weight is 418 g/mol. The van der Waals surface area contributed by atoms with Crippen molar-refractivity contribution in [3.63, 3.8) is 0 Å². The minimum atomic E-state index is -0.282. The summed E-state index contributed by atoms with van der Waals surface area (Å²) in [6, 6.07) is 7.82. The molecule has 3 aliphatic rings. The monoisotopic (exact) mass is 417 g/mol. The predicted octanol–water partition coefficient (Wildman–Crippen LogP) is 4.43. The summed E-state index contributed by atoms with van der Waals surface area (Å²) in [5.74, 6) is 1.52. The molecular weight excluding hydrogens is 389 g/mol. The van der Waals surface area contributed by atoms with Crippen molar-refractivity contribution in [1.29, 1.82) is 0 Å². The third-order valence-electron chi connectivity index (χ3n) is 7.07. The number of nitrogens with one attached hydrogen (secondary N) is 1. The highest BCUT2D eigenvalue weighted by molar-refractivity contribution is 5.85. The molecule has 1 saturated heterocycles. The third kappa shape index (κ3) is 4.32. The third-order valence-corrected chi connectivity index (χ3v) is 7.07. The Morgan fingerprint density at radius 3 is 2.83 bits per heavy atom. The quantitative estimate of drug-likeness (QED) is 0.706. The molecule has 3 atom stereocenters. The molecule has 2 aromatic rings. The molecular formula is C23H29ClFN3O. The summed E-state index contributed by atoms with van der Waals surface area (Å²) >= 11 is 0. The van der Waals surface area contributed by atoms with Gasteiger partial charge in [-0.1, -0.05) is 6.07 Å². The average Bonchev–Trinajstić information content (AvgIpc) is 3.33. The SMILES string of the molecule is Cl.Fc1cncc(CNCCC2(c3ccccn3)CCOC3(CC4CC4C3)C2)c1. The van der Waals surface area contributed by atoms with Crippen LogP contribution >= 0.6 is 12.4 Å². The van der Waals surface area contributed by atoms with Gasteiger partial charge >= 0.3 is 0 Å². The normalized spacial score (nSPS) is 32.6. The highest BCUT2D eigenvalue weighted by Crippen LogP contribution is 2.61. The van der Waals surface area contributed by atoms with Crippen molar-refractivity contribution in [3.8, 4) is 0 Å². The van der Waals surface area contributed by atoms with Gasteiger partial charge in [-0.25, -0.2) is 4.39 Å². The number of halogens is 2. The second kappa shape index (κ2) is 8.29. The van der Waals surface area contributed by atoms with E-state index in [2.05, 4.69) is 22.4 Å². The molecule has 6 heteroatoms. The molecule has 0 aromatic carbocycles. The second-order valence-corrected chi connectivity index (χ2v) is 9.06. The van der Waals surface area contributed by atoms with Gasteiger partial charge in [0, 0.05) is 36.7 Å². The second-order valence-electron chi connectivity index (χ2n) is 9.06. The predicted molar refractivity (Wildman–Crippen MR) is 112 cm³/mol. The molecule has 0 bridgehead atoms. The van der Waals surface area contributed by atoms with Crippen LogP contribution in [0.25, 0.3) is 0 Å². The summed E-state index contributed by atoms with van der Waals surface area (Å²) in [5.41, 5.74) is 2.21. The minimum Gasteiger partial charge on any atom is -0.375 e. The van der Waals surface area contributed by atoms with Gasteiger partial charge in [-0.15, -0.1) is 12.4 Å². The van der Waals surface area contributed by atoms with Crippen molar-refractivity contribution < 1.29 is 9.13 Å². The van der Waals surface area contributed by atoms with Crippen molar-refractivity contribution in [3.05, 3.63) is 59.9 Å². The lowest BCUT2D eigenvalue weighted by Gasteiger charge is -2.47. The van der Waals surface area contributed by atoms with E-state index in [1.54, 1.807) is 12.3 Å². The molecule has 3 heterocycles. The van der Waals surface area contributed by atoms with Crippen LogP contribution in [0.2, 0.25) is 0 Å². The van der Waals surface area contributed by atoms with Gasteiger partial charge in [-0.05, 0) is 80.7 Å². The number of ether oxygens (including phenoxy) is 1. The van der Waals surface area contributed by atoms with Gasteiger partial charge in [0.25, 0.3) is 0 Å². The number of rotatable bonds is 6. The zero-order valence-corrected chi connectivity index (χ0v) is 17.5. The van der Waals surface area contributed by atoms with Crippen molar-refractivity contribution in [2.24, 2.45) is 11.8 Å². The fourth-order valence-electron chi connectivity index (χ4n) is 5.68. The number of nitrogens with zero attached hydrogens (tertiary/aromatic N) is 2. The van der Waals surface area contributed by atoms with Crippen LogP contribution in [0.5, 0.6) is 0 Å². The number of hydrogen-bond acceptors (Lipinski definition) is 4. The molecule has 5 rings (SSSR count). The van der Waals surface area contributed by atoms with E-state index in [1.807, 2.05) is 12.3 Å². The molecule has 0 amide bonds. The first-order chi connectivity index (χ1) is 13.7. The van der Waals surface area contributed by atoms with E-state index >= 15 is 0 Å². The molecule has 2 saturated carbocycles. The lowest BCUT2D eigenvalue weighted by atomic mass is 9.67.